The largest absolute Gasteiger partial charge is 0.385 e. The van der Waals surface area contributed by atoms with E-state index in [0.29, 0.717) is 11.6 Å². The first-order chi connectivity index (χ1) is 9.11. The summed E-state index contributed by atoms with van der Waals surface area (Å²) < 4.78 is 0. The predicted molar refractivity (Wildman–Crippen MR) is 77.3 cm³/mol. The van der Waals surface area contributed by atoms with E-state index in [1.807, 2.05) is 24.0 Å². The summed E-state index contributed by atoms with van der Waals surface area (Å²) in [6, 6.07) is 3.95. The number of amides is 1. The average Bonchev–Trinajstić information content (AvgIpc) is 3.19. The van der Waals surface area contributed by atoms with E-state index in [9.17, 15) is 4.79 Å². The first-order valence-electron chi connectivity index (χ1n) is 7.12. The second-order valence-electron chi connectivity index (χ2n) is 5.45. The molecule has 1 heterocycles. The molecule has 1 N–H and O–H groups in total. The summed E-state index contributed by atoms with van der Waals surface area (Å²) in [7, 11) is 0. The maximum Gasteiger partial charge on any atom is 0.272 e. The molecule has 0 aromatic carbocycles. The maximum absolute atomic E-state index is 12.5. The minimum absolute atomic E-state index is 0.0432. The monoisotopic (exact) mass is 261 g/mol. The van der Waals surface area contributed by atoms with Crippen LogP contribution in [0.25, 0.3) is 0 Å². The van der Waals surface area contributed by atoms with E-state index in [0.717, 1.165) is 18.8 Å². The van der Waals surface area contributed by atoms with Crippen molar-refractivity contribution in [2.75, 3.05) is 18.4 Å². The van der Waals surface area contributed by atoms with E-state index in [2.05, 4.69) is 24.1 Å². The predicted octanol–water partition coefficient (Wildman–Crippen LogP) is 2.77. The van der Waals surface area contributed by atoms with Gasteiger partial charge in [0, 0.05) is 31.0 Å². The van der Waals surface area contributed by atoms with Gasteiger partial charge in [0.1, 0.15) is 5.69 Å². The van der Waals surface area contributed by atoms with Gasteiger partial charge >= 0.3 is 0 Å². The van der Waals surface area contributed by atoms with Crippen LogP contribution in [0.3, 0.4) is 0 Å². The third kappa shape index (κ3) is 3.69. The molecule has 0 radical (unpaired) electrons. The van der Waals surface area contributed by atoms with Crippen molar-refractivity contribution in [3.05, 3.63) is 24.0 Å². The van der Waals surface area contributed by atoms with Crippen molar-refractivity contribution in [3.8, 4) is 0 Å². The molecule has 1 amide bonds. The summed E-state index contributed by atoms with van der Waals surface area (Å²) in [5, 5.41) is 3.21. The topological polar surface area (TPSA) is 45.2 Å². The highest BCUT2D eigenvalue weighted by atomic mass is 16.2. The number of nitrogens with zero attached hydrogens (tertiary/aromatic N) is 2. The van der Waals surface area contributed by atoms with E-state index >= 15 is 0 Å². The lowest BCUT2D eigenvalue weighted by molar-refractivity contribution is 0.0690. The van der Waals surface area contributed by atoms with Crippen LogP contribution in [-0.2, 0) is 0 Å². The summed E-state index contributed by atoms with van der Waals surface area (Å²) in [6.45, 7) is 7.87. The van der Waals surface area contributed by atoms with E-state index in [1.165, 1.54) is 12.8 Å². The summed E-state index contributed by atoms with van der Waals surface area (Å²) in [5.74, 6) is 0.741. The molecule has 1 fully saturated rings. The van der Waals surface area contributed by atoms with Gasteiger partial charge in [0.05, 0.1) is 0 Å². The summed E-state index contributed by atoms with van der Waals surface area (Å²) in [6.07, 6.45) is 4.20. The Morgan fingerprint density at radius 3 is 2.84 bits per heavy atom. The van der Waals surface area contributed by atoms with Gasteiger partial charge in [-0.3, -0.25) is 9.78 Å². The minimum atomic E-state index is 0.0432. The first kappa shape index (κ1) is 13.8. The van der Waals surface area contributed by atoms with Gasteiger partial charge in [0.15, 0.2) is 0 Å². The van der Waals surface area contributed by atoms with Crippen molar-refractivity contribution in [2.45, 2.75) is 39.7 Å². The molecule has 0 atom stereocenters. The minimum Gasteiger partial charge on any atom is -0.385 e. The lowest BCUT2D eigenvalue weighted by Gasteiger charge is -2.26. The second-order valence-corrected chi connectivity index (χ2v) is 5.45. The molecule has 104 valence electrons. The molecular weight excluding hydrogens is 238 g/mol. The lowest BCUT2D eigenvalue weighted by atomic mass is 10.2. The number of hydrogen-bond acceptors (Lipinski definition) is 3. The lowest BCUT2D eigenvalue weighted by Crippen LogP contribution is -2.38. The molecule has 0 saturated heterocycles. The summed E-state index contributed by atoms with van der Waals surface area (Å²) in [4.78, 5) is 18.7. The van der Waals surface area contributed by atoms with Crippen molar-refractivity contribution in [3.63, 3.8) is 0 Å². The van der Waals surface area contributed by atoms with E-state index in [1.54, 1.807) is 6.20 Å². The first-order valence-corrected chi connectivity index (χ1v) is 7.12. The smallest absolute Gasteiger partial charge is 0.272 e. The normalized spacial score (nSPS) is 14.5. The fraction of sp³-hybridized carbons (Fsp3) is 0.600. The Morgan fingerprint density at radius 2 is 2.26 bits per heavy atom. The van der Waals surface area contributed by atoms with Gasteiger partial charge in [-0.05, 0) is 51.7 Å². The molecular formula is C15H23N3O. The van der Waals surface area contributed by atoms with Crippen LogP contribution in [0.2, 0.25) is 0 Å². The third-order valence-corrected chi connectivity index (χ3v) is 3.40. The van der Waals surface area contributed by atoms with Crippen LogP contribution in [0.4, 0.5) is 5.69 Å². The van der Waals surface area contributed by atoms with Gasteiger partial charge in [0.25, 0.3) is 5.91 Å². The quantitative estimate of drug-likeness (QED) is 0.856. The number of carbonyl (C=O) groups is 1. The second kappa shape index (κ2) is 6.04. The number of carbonyl (C=O) groups excluding carboxylic acids is 1. The fourth-order valence-corrected chi connectivity index (χ4v) is 2.12. The number of aromatic nitrogens is 1. The van der Waals surface area contributed by atoms with Gasteiger partial charge in [-0.1, -0.05) is 0 Å². The molecule has 1 saturated carbocycles. The molecule has 1 aliphatic carbocycles. The number of nitrogens with one attached hydrogen (secondary N) is 1. The summed E-state index contributed by atoms with van der Waals surface area (Å²) >= 11 is 0. The van der Waals surface area contributed by atoms with Crippen molar-refractivity contribution < 1.29 is 4.79 Å². The fourth-order valence-electron chi connectivity index (χ4n) is 2.12. The zero-order valence-corrected chi connectivity index (χ0v) is 12.0. The van der Waals surface area contributed by atoms with Crippen LogP contribution in [-0.4, -0.2) is 34.9 Å². The number of anilines is 1. The highest BCUT2D eigenvalue weighted by molar-refractivity contribution is 5.93. The van der Waals surface area contributed by atoms with Crippen LogP contribution in [0.1, 0.15) is 44.1 Å². The van der Waals surface area contributed by atoms with Crippen LogP contribution < -0.4 is 5.32 Å². The molecule has 0 aliphatic heterocycles. The third-order valence-electron chi connectivity index (χ3n) is 3.40. The average molecular weight is 261 g/mol. The molecule has 1 aliphatic rings. The Morgan fingerprint density at radius 1 is 1.53 bits per heavy atom. The van der Waals surface area contributed by atoms with Gasteiger partial charge in [-0.25, -0.2) is 0 Å². The van der Waals surface area contributed by atoms with Crippen LogP contribution in [0.15, 0.2) is 18.3 Å². The number of pyridine rings is 1. The molecule has 1 aromatic heterocycles. The van der Waals surface area contributed by atoms with Crippen molar-refractivity contribution in [1.82, 2.24) is 9.88 Å². The Kier molecular flexibility index (Phi) is 4.40. The van der Waals surface area contributed by atoms with Gasteiger partial charge in [-0.2, -0.15) is 0 Å². The van der Waals surface area contributed by atoms with Crippen molar-refractivity contribution in [2.24, 2.45) is 5.92 Å². The van der Waals surface area contributed by atoms with Gasteiger partial charge < -0.3 is 10.2 Å². The SMILES string of the molecule is CCNc1ccnc(C(=O)N(CC2CC2)C(C)C)c1. The Balaban J connectivity index is 2.12. The van der Waals surface area contributed by atoms with Gasteiger partial charge in [-0.15, -0.1) is 0 Å². The molecule has 4 heteroatoms. The van der Waals surface area contributed by atoms with E-state index < -0.39 is 0 Å². The molecule has 0 bridgehead atoms. The zero-order valence-electron chi connectivity index (χ0n) is 12.0. The molecule has 1 aromatic rings. The van der Waals surface area contributed by atoms with Gasteiger partial charge in [0.2, 0.25) is 0 Å². The molecule has 19 heavy (non-hydrogen) atoms. The van der Waals surface area contributed by atoms with Crippen LogP contribution >= 0.6 is 0 Å². The molecule has 0 spiro atoms. The van der Waals surface area contributed by atoms with E-state index in [4.69, 9.17) is 0 Å². The highest BCUT2D eigenvalue weighted by Gasteiger charge is 2.29. The molecule has 2 rings (SSSR count). The maximum atomic E-state index is 12.5. The zero-order chi connectivity index (χ0) is 13.8. The molecule has 0 unspecified atom stereocenters. The van der Waals surface area contributed by atoms with E-state index in [-0.39, 0.29) is 11.9 Å². The number of hydrogen-bond donors (Lipinski definition) is 1. The Bertz CT molecular complexity index is 441. The Hall–Kier alpha value is -1.58. The molecule has 4 nitrogen and oxygen atoms in total. The number of rotatable bonds is 6. The Labute approximate surface area is 115 Å². The standard InChI is InChI=1S/C15H23N3O/c1-4-16-13-7-8-17-14(9-13)15(19)18(11(2)3)10-12-5-6-12/h7-9,11-12H,4-6,10H2,1-3H3,(H,16,17). The van der Waals surface area contributed by atoms with Crippen LogP contribution in [0, 0.1) is 5.92 Å². The highest BCUT2D eigenvalue weighted by Crippen LogP contribution is 2.30. The van der Waals surface area contributed by atoms with Crippen molar-refractivity contribution in [1.29, 1.82) is 0 Å². The van der Waals surface area contributed by atoms with Crippen LogP contribution in [0.5, 0.6) is 0 Å². The summed E-state index contributed by atoms with van der Waals surface area (Å²) in [5.41, 5.74) is 1.49. The van der Waals surface area contributed by atoms with Crippen molar-refractivity contribution >= 4 is 11.6 Å².